The van der Waals surface area contributed by atoms with Gasteiger partial charge in [-0.05, 0) is 13.0 Å². The Labute approximate surface area is 173 Å². The minimum absolute atomic E-state index is 0.115. The van der Waals surface area contributed by atoms with Gasteiger partial charge in [0.25, 0.3) is 0 Å². The predicted molar refractivity (Wildman–Crippen MR) is 109 cm³/mol. The third-order valence-electron chi connectivity index (χ3n) is 5.11. The molecule has 1 fully saturated rings. The van der Waals surface area contributed by atoms with Crippen LogP contribution in [0, 0.1) is 0 Å². The molecule has 2 aromatic heterocycles. The van der Waals surface area contributed by atoms with Crippen molar-refractivity contribution in [2.24, 2.45) is 0 Å². The first-order valence-corrected chi connectivity index (χ1v) is 9.81. The Balaban J connectivity index is 1.60. The molecule has 3 rings (SSSR count). The molecular weight excluding hydrogens is 392 g/mol. The zero-order valence-electron chi connectivity index (χ0n) is 17.0. The van der Waals surface area contributed by atoms with E-state index in [0.29, 0.717) is 29.8 Å². The molecule has 0 bridgehead atoms. The number of carbonyl (C=O) groups excluding carboxylic acids is 1. The average Bonchev–Trinajstić information content (AvgIpc) is 3.17. The van der Waals surface area contributed by atoms with E-state index >= 15 is 0 Å². The fourth-order valence-corrected chi connectivity index (χ4v) is 3.44. The highest BCUT2D eigenvalue weighted by Crippen LogP contribution is 2.25. The second kappa shape index (κ2) is 9.47. The molecule has 0 saturated carbocycles. The maximum absolute atomic E-state index is 12.3. The van der Waals surface area contributed by atoms with Crippen LogP contribution in [-0.2, 0) is 9.53 Å². The number of hydrogen-bond acceptors (Lipinski definition) is 8. The molecule has 11 heteroatoms. The Morgan fingerprint density at radius 1 is 1.40 bits per heavy atom. The molecule has 0 unspecified atom stereocenters. The van der Waals surface area contributed by atoms with E-state index in [2.05, 4.69) is 32.3 Å². The Bertz CT molecular complexity index is 889. The van der Waals surface area contributed by atoms with Crippen molar-refractivity contribution in [1.82, 2.24) is 20.3 Å². The number of pyridine rings is 1. The fourth-order valence-electron chi connectivity index (χ4n) is 3.44. The van der Waals surface area contributed by atoms with Gasteiger partial charge in [-0.15, -0.1) is 0 Å². The van der Waals surface area contributed by atoms with Crippen LogP contribution in [0.1, 0.15) is 19.8 Å². The molecular formula is C19H29N6O5+. The van der Waals surface area contributed by atoms with Gasteiger partial charge in [-0.25, -0.2) is 14.5 Å². The van der Waals surface area contributed by atoms with E-state index in [1.54, 1.807) is 30.8 Å². The van der Waals surface area contributed by atoms with Crippen LogP contribution in [-0.4, -0.2) is 97.7 Å². The van der Waals surface area contributed by atoms with Crippen LogP contribution in [0.15, 0.2) is 18.6 Å². The molecule has 3 heterocycles. The van der Waals surface area contributed by atoms with Crippen LogP contribution in [0.4, 0.5) is 5.69 Å². The number of aliphatic hydroxyl groups excluding tert-OH is 3. The van der Waals surface area contributed by atoms with Gasteiger partial charge in [0.15, 0.2) is 11.9 Å². The molecule has 6 atom stereocenters. The van der Waals surface area contributed by atoms with Gasteiger partial charge in [0.1, 0.15) is 38.0 Å². The Kier molecular flexibility index (Phi) is 6.98. The van der Waals surface area contributed by atoms with Crippen molar-refractivity contribution in [2.75, 3.05) is 18.9 Å². The second-order valence-electron chi connectivity index (χ2n) is 7.67. The van der Waals surface area contributed by atoms with Gasteiger partial charge < -0.3 is 35.7 Å². The number of H-pyrrole nitrogens is 1. The van der Waals surface area contributed by atoms with E-state index in [1.807, 2.05) is 0 Å². The lowest BCUT2D eigenvalue weighted by atomic mass is 9.95. The summed E-state index contributed by atoms with van der Waals surface area (Å²) in [5.74, 6) is -0.430. The normalized spacial score (nSPS) is 27.6. The smallest absolute Gasteiger partial charge is 0.223 e. The van der Waals surface area contributed by atoms with Crippen molar-refractivity contribution < 1.29 is 29.4 Å². The van der Waals surface area contributed by atoms with Crippen molar-refractivity contribution in [2.45, 2.75) is 56.5 Å². The van der Waals surface area contributed by atoms with Crippen LogP contribution in [0.2, 0.25) is 0 Å². The highest BCUT2D eigenvalue weighted by Gasteiger charge is 2.43. The van der Waals surface area contributed by atoms with E-state index in [1.165, 1.54) is 6.33 Å². The molecule has 164 valence electrons. The zero-order valence-corrected chi connectivity index (χ0v) is 17.0. The lowest BCUT2D eigenvalue weighted by Gasteiger charge is -2.42. The fraction of sp³-hybridized carbons (Fsp3) is 0.579. The number of hydrogen-bond donors (Lipinski definition) is 6. The van der Waals surface area contributed by atoms with Gasteiger partial charge in [0.2, 0.25) is 5.91 Å². The highest BCUT2D eigenvalue weighted by atomic mass is 16.5. The first-order valence-electron chi connectivity index (χ1n) is 9.81. The van der Waals surface area contributed by atoms with Gasteiger partial charge in [0, 0.05) is 12.6 Å². The maximum Gasteiger partial charge on any atom is 0.223 e. The van der Waals surface area contributed by atoms with Gasteiger partial charge in [0.05, 0.1) is 36.7 Å². The zero-order chi connectivity index (χ0) is 21.8. The molecule has 1 amide bonds. The third kappa shape index (κ3) is 5.11. The maximum atomic E-state index is 12.3. The predicted octanol–water partition coefficient (Wildman–Crippen LogP) is -1.19. The molecule has 0 aliphatic carbocycles. The minimum atomic E-state index is -1.30. The molecule has 0 spiro atoms. The lowest BCUT2D eigenvalue weighted by molar-refractivity contribution is -0.490. The van der Waals surface area contributed by atoms with Gasteiger partial charge in [-0.2, -0.15) is 0 Å². The molecule has 1 saturated heterocycles. The van der Waals surface area contributed by atoms with Gasteiger partial charge in [-0.3, -0.25) is 4.79 Å². The molecule has 0 aromatic carbocycles. The van der Waals surface area contributed by atoms with E-state index in [0.717, 1.165) is 0 Å². The minimum Gasteiger partial charge on any atom is -0.392 e. The summed E-state index contributed by atoms with van der Waals surface area (Å²) in [5.41, 5.74) is 1.77. The van der Waals surface area contributed by atoms with Crippen molar-refractivity contribution in [3.63, 3.8) is 0 Å². The van der Waals surface area contributed by atoms with E-state index < -0.39 is 42.6 Å². The highest BCUT2D eigenvalue weighted by molar-refractivity contribution is 5.84. The summed E-state index contributed by atoms with van der Waals surface area (Å²) in [6.45, 7) is 5.93. The number of amides is 1. The summed E-state index contributed by atoms with van der Waals surface area (Å²) in [7, 11) is 1.78. The first kappa shape index (κ1) is 22.1. The number of aromatic amines is 1. The largest absolute Gasteiger partial charge is 0.392 e. The Morgan fingerprint density at radius 3 is 2.90 bits per heavy atom. The van der Waals surface area contributed by atoms with Crippen molar-refractivity contribution in [1.29, 1.82) is 0 Å². The van der Waals surface area contributed by atoms with E-state index in [-0.39, 0.29) is 6.42 Å². The van der Waals surface area contributed by atoms with E-state index in [4.69, 9.17) is 4.74 Å². The molecule has 30 heavy (non-hydrogen) atoms. The summed E-state index contributed by atoms with van der Waals surface area (Å²) >= 11 is 0. The Hall–Kier alpha value is -2.60. The van der Waals surface area contributed by atoms with Gasteiger partial charge in [-0.1, -0.05) is 0 Å². The standard InChI is InChI=1S/C19H28N6O5/c1-10-14(24-13(27)8-11(26)5-7-25(2)3)16(28)17(29)19(30-10)23-12-4-6-20-18-15(12)21-9-22-18/h4,6,9-11,14,16-17,19,26,28-29H,2,5,7-8H2,1,3H3,(H2-,20,21,22,23,24,27)/p+1/t10-,11-,14-,16+,17+,19-/m0/s1. The number of nitrogens with one attached hydrogen (secondary N) is 3. The number of anilines is 1. The lowest BCUT2D eigenvalue weighted by Crippen LogP contribution is -2.64. The van der Waals surface area contributed by atoms with Crippen molar-refractivity contribution in [3.05, 3.63) is 18.6 Å². The van der Waals surface area contributed by atoms with Crippen molar-refractivity contribution in [3.8, 4) is 0 Å². The monoisotopic (exact) mass is 421 g/mol. The van der Waals surface area contributed by atoms with Crippen molar-refractivity contribution >= 4 is 29.5 Å². The summed E-state index contributed by atoms with van der Waals surface area (Å²) in [6, 6.07) is 0.879. The molecule has 11 nitrogen and oxygen atoms in total. The summed E-state index contributed by atoms with van der Waals surface area (Å²) in [5, 5.41) is 36.8. The molecule has 1 aliphatic rings. The SMILES string of the molecule is C=[N+](C)CC[C@H](O)CC(=O)N[C@@H]1[C@@H](O)[C@@H](O)[C@@H](Nc2ccnc3nc[nH]c23)O[C@H]1C. The van der Waals surface area contributed by atoms with E-state index in [9.17, 15) is 20.1 Å². The quantitative estimate of drug-likeness (QED) is 0.229. The molecule has 0 radical (unpaired) electrons. The first-order chi connectivity index (χ1) is 14.3. The summed E-state index contributed by atoms with van der Waals surface area (Å²) in [4.78, 5) is 23.4. The van der Waals surface area contributed by atoms with Crippen LogP contribution >= 0.6 is 0 Å². The van der Waals surface area contributed by atoms with Crippen LogP contribution in [0.3, 0.4) is 0 Å². The Morgan fingerprint density at radius 2 is 2.17 bits per heavy atom. The number of aromatic nitrogens is 3. The number of imidazole rings is 1. The van der Waals surface area contributed by atoms with Gasteiger partial charge >= 0.3 is 0 Å². The van der Waals surface area contributed by atoms with Crippen LogP contribution in [0.5, 0.6) is 0 Å². The second-order valence-corrected chi connectivity index (χ2v) is 7.67. The summed E-state index contributed by atoms with van der Waals surface area (Å²) in [6.07, 6.45) is -1.53. The number of fused-ring (bicyclic) bond motifs is 1. The molecule has 1 aliphatic heterocycles. The van der Waals surface area contributed by atoms with Crippen LogP contribution in [0.25, 0.3) is 11.2 Å². The average molecular weight is 421 g/mol. The summed E-state index contributed by atoms with van der Waals surface area (Å²) < 4.78 is 7.50. The molecule has 6 N–H and O–H groups in total. The number of rotatable bonds is 8. The number of carbonyl (C=O) groups is 1. The third-order valence-corrected chi connectivity index (χ3v) is 5.11. The van der Waals surface area contributed by atoms with Crippen LogP contribution < -0.4 is 10.6 Å². The number of ether oxygens (including phenoxy) is 1. The number of nitrogens with zero attached hydrogens (tertiary/aromatic N) is 3. The number of aliphatic hydroxyl groups is 3. The molecule has 2 aromatic rings. The topological polar surface area (TPSA) is 156 Å².